The van der Waals surface area contributed by atoms with Crippen molar-refractivity contribution in [3.05, 3.63) is 24.3 Å². The molecule has 0 saturated heterocycles. The van der Waals surface area contributed by atoms with Crippen LogP contribution in [0.3, 0.4) is 0 Å². The Balaban J connectivity index is 2.67. The number of alkyl halides is 1. The molecule has 0 heterocycles. The third-order valence-corrected chi connectivity index (χ3v) is 4.40. The van der Waals surface area contributed by atoms with Crippen LogP contribution in [0.4, 0.5) is 11.4 Å². The second kappa shape index (κ2) is 7.07. The molecule has 0 radical (unpaired) electrons. The van der Waals surface area contributed by atoms with Gasteiger partial charge in [-0.2, -0.15) is 0 Å². The molecule has 116 valence electrons. The molecule has 5 heteroatoms. The van der Waals surface area contributed by atoms with Gasteiger partial charge in [0.15, 0.2) is 0 Å². The van der Waals surface area contributed by atoms with Gasteiger partial charge in [0.1, 0.15) is 0 Å². The van der Waals surface area contributed by atoms with E-state index >= 15 is 0 Å². The highest BCUT2D eigenvalue weighted by Crippen LogP contribution is 2.20. The van der Waals surface area contributed by atoms with Gasteiger partial charge in [0.2, 0.25) is 11.8 Å². The largest absolute Gasteiger partial charge is 0.326 e. The van der Waals surface area contributed by atoms with Gasteiger partial charge in [0, 0.05) is 16.8 Å². The Morgan fingerprint density at radius 2 is 1.43 bits per heavy atom. The smallest absolute Gasteiger partial charge is 0.238 e. The van der Waals surface area contributed by atoms with Crippen molar-refractivity contribution >= 4 is 39.1 Å². The van der Waals surface area contributed by atoms with Gasteiger partial charge in [0.25, 0.3) is 0 Å². The van der Waals surface area contributed by atoms with Crippen molar-refractivity contribution in [1.29, 1.82) is 0 Å². The number of hydrogen-bond acceptors (Lipinski definition) is 2. The summed E-state index contributed by atoms with van der Waals surface area (Å²) in [6.45, 7) is 9.53. The van der Waals surface area contributed by atoms with E-state index in [4.69, 9.17) is 0 Å². The number of halogens is 1. The average Bonchev–Trinajstić information content (AvgIpc) is 2.38. The standard InChI is InChI=1S/C16H23BrN2O2/c1-10(2)13(17)14(20)18-11-6-8-12(9-7-11)19-15(21)16(3,4)5/h6-10,13H,1-5H3,(H,18,20)(H,19,21). The number of amides is 2. The Morgan fingerprint density at radius 3 is 1.81 bits per heavy atom. The molecule has 1 rings (SSSR count). The molecular weight excluding hydrogens is 332 g/mol. The van der Waals surface area contributed by atoms with Crippen LogP contribution < -0.4 is 10.6 Å². The lowest BCUT2D eigenvalue weighted by molar-refractivity contribution is -0.123. The van der Waals surface area contributed by atoms with Gasteiger partial charge in [0.05, 0.1) is 4.83 Å². The van der Waals surface area contributed by atoms with Crippen LogP contribution in [0.25, 0.3) is 0 Å². The topological polar surface area (TPSA) is 58.2 Å². The Morgan fingerprint density at radius 1 is 1.00 bits per heavy atom. The maximum absolute atomic E-state index is 11.9. The van der Waals surface area contributed by atoms with Gasteiger partial charge >= 0.3 is 0 Å². The first-order valence-electron chi connectivity index (χ1n) is 6.97. The fourth-order valence-electron chi connectivity index (χ4n) is 1.47. The van der Waals surface area contributed by atoms with Crippen molar-refractivity contribution in [1.82, 2.24) is 0 Å². The molecule has 0 bridgehead atoms. The summed E-state index contributed by atoms with van der Waals surface area (Å²) >= 11 is 3.37. The molecule has 0 aliphatic heterocycles. The van der Waals surface area contributed by atoms with Crippen LogP contribution in [-0.4, -0.2) is 16.6 Å². The third-order valence-electron chi connectivity index (χ3n) is 2.93. The van der Waals surface area contributed by atoms with Gasteiger partial charge in [-0.25, -0.2) is 0 Å². The lowest BCUT2D eigenvalue weighted by atomic mass is 9.95. The van der Waals surface area contributed by atoms with Crippen LogP contribution in [0.5, 0.6) is 0 Å². The molecule has 0 aliphatic carbocycles. The molecule has 0 spiro atoms. The highest BCUT2D eigenvalue weighted by molar-refractivity contribution is 9.10. The molecule has 4 nitrogen and oxygen atoms in total. The Bertz CT molecular complexity index is 504. The minimum Gasteiger partial charge on any atom is -0.326 e. The van der Waals surface area contributed by atoms with E-state index in [0.717, 1.165) is 0 Å². The second-order valence-electron chi connectivity index (χ2n) is 6.42. The average molecular weight is 355 g/mol. The Labute approximate surface area is 134 Å². The predicted octanol–water partition coefficient (Wildman–Crippen LogP) is 4.03. The number of rotatable bonds is 4. The first-order valence-corrected chi connectivity index (χ1v) is 7.89. The number of nitrogens with one attached hydrogen (secondary N) is 2. The third kappa shape index (κ3) is 5.50. The van der Waals surface area contributed by atoms with Crippen molar-refractivity contribution in [3.63, 3.8) is 0 Å². The van der Waals surface area contributed by atoms with Gasteiger partial charge in [-0.15, -0.1) is 0 Å². The molecule has 0 saturated carbocycles. The maximum atomic E-state index is 11.9. The molecular formula is C16H23BrN2O2. The maximum Gasteiger partial charge on any atom is 0.238 e. The monoisotopic (exact) mass is 354 g/mol. The normalized spacial score (nSPS) is 12.9. The number of hydrogen-bond donors (Lipinski definition) is 2. The molecule has 1 aromatic carbocycles. The van der Waals surface area contributed by atoms with Crippen LogP contribution in [0.2, 0.25) is 0 Å². The summed E-state index contributed by atoms with van der Waals surface area (Å²) in [5, 5.41) is 5.68. The van der Waals surface area contributed by atoms with Gasteiger partial charge in [-0.05, 0) is 30.2 Å². The van der Waals surface area contributed by atoms with Crippen molar-refractivity contribution in [2.45, 2.75) is 39.4 Å². The molecule has 1 atom stereocenters. The predicted molar refractivity (Wildman–Crippen MR) is 90.7 cm³/mol. The van der Waals surface area contributed by atoms with Crippen LogP contribution in [0.15, 0.2) is 24.3 Å². The van der Waals surface area contributed by atoms with E-state index in [9.17, 15) is 9.59 Å². The molecule has 1 unspecified atom stereocenters. The fourth-order valence-corrected chi connectivity index (χ4v) is 1.58. The van der Waals surface area contributed by atoms with Crippen molar-refractivity contribution in [3.8, 4) is 0 Å². The summed E-state index contributed by atoms with van der Waals surface area (Å²) in [7, 11) is 0. The van der Waals surface area contributed by atoms with Crippen LogP contribution in [0, 0.1) is 11.3 Å². The van der Waals surface area contributed by atoms with Gasteiger partial charge in [-0.1, -0.05) is 50.5 Å². The van der Waals surface area contributed by atoms with Crippen molar-refractivity contribution in [2.75, 3.05) is 10.6 Å². The highest BCUT2D eigenvalue weighted by atomic mass is 79.9. The zero-order chi connectivity index (χ0) is 16.2. The molecule has 2 amide bonds. The number of benzene rings is 1. The van der Waals surface area contributed by atoms with E-state index in [1.807, 2.05) is 34.6 Å². The minimum atomic E-state index is -0.437. The Kier molecular flexibility index (Phi) is 5.96. The lowest BCUT2D eigenvalue weighted by Crippen LogP contribution is -2.28. The van der Waals surface area contributed by atoms with E-state index in [1.165, 1.54) is 0 Å². The van der Waals surface area contributed by atoms with E-state index in [2.05, 4.69) is 26.6 Å². The fraction of sp³-hybridized carbons (Fsp3) is 0.500. The molecule has 0 aliphatic rings. The summed E-state index contributed by atoms with van der Waals surface area (Å²) in [6, 6.07) is 7.10. The molecule has 0 fully saturated rings. The first kappa shape index (κ1) is 17.7. The molecule has 1 aromatic rings. The Hall–Kier alpha value is -1.36. The van der Waals surface area contributed by atoms with E-state index < -0.39 is 5.41 Å². The van der Waals surface area contributed by atoms with Gasteiger partial charge < -0.3 is 10.6 Å². The van der Waals surface area contributed by atoms with Crippen molar-refractivity contribution < 1.29 is 9.59 Å². The summed E-state index contributed by atoms with van der Waals surface area (Å²) in [4.78, 5) is 23.6. The SMILES string of the molecule is CC(C)C(Br)C(=O)Nc1ccc(NC(=O)C(C)(C)C)cc1. The van der Waals surface area contributed by atoms with E-state index in [-0.39, 0.29) is 22.6 Å². The number of carbonyl (C=O) groups excluding carboxylic acids is 2. The van der Waals surface area contributed by atoms with Crippen molar-refractivity contribution in [2.24, 2.45) is 11.3 Å². The first-order chi connectivity index (χ1) is 9.61. The summed E-state index contributed by atoms with van der Waals surface area (Å²) in [6.07, 6.45) is 0. The molecule has 2 N–H and O–H groups in total. The summed E-state index contributed by atoms with van der Waals surface area (Å²) in [5.74, 6) is 0.103. The number of carbonyl (C=O) groups is 2. The number of anilines is 2. The zero-order valence-electron chi connectivity index (χ0n) is 13.2. The minimum absolute atomic E-state index is 0.0420. The highest BCUT2D eigenvalue weighted by Gasteiger charge is 2.21. The van der Waals surface area contributed by atoms with Crippen LogP contribution in [0.1, 0.15) is 34.6 Å². The van der Waals surface area contributed by atoms with Gasteiger partial charge in [-0.3, -0.25) is 9.59 Å². The summed E-state index contributed by atoms with van der Waals surface area (Å²) in [5.41, 5.74) is 0.985. The molecule has 0 aromatic heterocycles. The van der Waals surface area contributed by atoms with E-state index in [1.54, 1.807) is 24.3 Å². The van der Waals surface area contributed by atoms with Crippen LogP contribution in [-0.2, 0) is 9.59 Å². The lowest BCUT2D eigenvalue weighted by Gasteiger charge is -2.18. The zero-order valence-corrected chi connectivity index (χ0v) is 14.7. The second-order valence-corrected chi connectivity index (χ2v) is 7.40. The van der Waals surface area contributed by atoms with E-state index in [0.29, 0.717) is 11.4 Å². The summed E-state index contributed by atoms with van der Waals surface area (Å²) < 4.78 is 0. The quantitative estimate of drug-likeness (QED) is 0.802. The van der Waals surface area contributed by atoms with Crippen LogP contribution >= 0.6 is 15.9 Å². The molecule has 21 heavy (non-hydrogen) atoms.